The zero-order valence-electron chi connectivity index (χ0n) is 17.9. The smallest absolute Gasteiger partial charge is 0.223 e. The van der Waals surface area contributed by atoms with E-state index in [2.05, 4.69) is 39.4 Å². The molecule has 4 rings (SSSR count). The van der Waals surface area contributed by atoms with E-state index < -0.39 is 0 Å². The minimum Gasteiger partial charge on any atom is -0.356 e. The van der Waals surface area contributed by atoms with Crippen LogP contribution in [0, 0.1) is 18.8 Å². The van der Waals surface area contributed by atoms with Crippen molar-refractivity contribution in [3.05, 3.63) is 46.9 Å². The zero-order chi connectivity index (χ0) is 21.1. The van der Waals surface area contributed by atoms with Gasteiger partial charge in [0.25, 0.3) is 0 Å². The topological polar surface area (TPSA) is 71.0 Å². The molecule has 30 heavy (non-hydrogen) atoms. The van der Waals surface area contributed by atoms with E-state index >= 15 is 0 Å². The molecule has 1 aliphatic heterocycles. The van der Waals surface area contributed by atoms with Crippen LogP contribution in [0.2, 0.25) is 0 Å². The Bertz CT molecular complexity index is 1010. The van der Waals surface area contributed by atoms with E-state index in [-0.39, 0.29) is 11.8 Å². The summed E-state index contributed by atoms with van der Waals surface area (Å²) in [6.45, 7) is 8.66. The molecule has 0 atom stereocenters. The van der Waals surface area contributed by atoms with E-state index in [0.29, 0.717) is 12.5 Å². The molecule has 6 nitrogen and oxygen atoms in total. The average molecular weight is 424 g/mol. The van der Waals surface area contributed by atoms with Crippen LogP contribution >= 0.6 is 11.3 Å². The molecule has 1 saturated heterocycles. The van der Waals surface area contributed by atoms with Gasteiger partial charge in [0.1, 0.15) is 16.5 Å². The first-order valence-corrected chi connectivity index (χ1v) is 11.6. The van der Waals surface area contributed by atoms with Crippen molar-refractivity contribution in [2.75, 3.05) is 18.0 Å². The highest BCUT2D eigenvalue weighted by atomic mass is 32.1. The quantitative estimate of drug-likeness (QED) is 0.646. The zero-order valence-corrected chi connectivity index (χ0v) is 18.7. The van der Waals surface area contributed by atoms with E-state index in [1.165, 1.54) is 10.9 Å². The standard InChI is InChI=1S/C23H29N5OS/c1-15(2)11-19-14-30-23-20(19)21(26-16(3)27-23)28-9-6-18(7-10-28)22(29)25-13-17-5-4-8-24-12-17/h4-5,8,12,14-15,18H,6-7,9-11,13H2,1-3H3,(H,25,29). The van der Waals surface area contributed by atoms with E-state index in [1.54, 1.807) is 23.7 Å². The number of nitrogens with one attached hydrogen (secondary N) is 1. The van der Waals surface area contributed by atoms with Gasteiger partial charge in [0.15, 0.2) is 0 Å². The summed E-state index contributed by atoms with van der Waals surface area (Å²) < 4.78 is 0. The molecular formula is C23H29N5OS. The number of nitrogens with zero attached hydrogens (tertiary/aromatic N) is 4. The first-order chi connectivity index (χ1) is 14.5. The van der Waals surface area contributed by atoms with E-state index in [1.807, 2.05) is 19.1 Å². The molecule has 1 N–H and O–H groups in total. The van der Waals surface area contributed by atoms with Gasteiger partial charge in [-0.3, -0.25) is 9.78 Å². The van der Waals surface area contributed by atoms with Crippen molar-refractivity contribution in [1.29, 1.82) is 0 Å². The van der Waals surface area contributed by atoms with Gasteiger partial charge in [-0.15, -0.1) is 11.3 Å². The molecule has 0 bridgehead atoms. The highest BCUT2D eigenvalue weighted by Crippen LogP contribution is 2.35. The third-order valence-electron chi connectivity index (χ3n) is 5.59. The SMILES string of the molecule is Cc1nc(N2CCC(C(=O)NCc3cccnc3)CC2)c2c(CC(C)C)csc2n1. The maximum absolute atomic E-state index is 12.6. The number of fused-ring (bicyclic) bond motifs is 1. The van der Waals surface area contributed by atoms with Crippen molar-refractivity contribution >= 4 is 33.3 Å². The van der Waals surface area contributed by atoms with Crippen LogP contribution in [-0.4, -0.2) is 33.9 Å². The lowest BCUT2D eigenvalue weighted by Gasteiger charge is -2.33. The summed E-state index contributed by atoms with van der Waals surface area (Å²) in [5, 5.41) is 6.51. The Morgan fingerprint density at radius 3 is 2.80 bits per heavy atom. The van der Waals surface area contributed by atoms with E-state index in [4.69, 9.17) is 4.98 Å². The molecule has 0 spiro atoms. The number of carbonyl (C=O) groups excluding carboxylic acids is 1. The van der Waals surface area contributed by atoms with Gasteiger partial charge in [0.2, 0.25) is 5.91 Å². The molecule has 3 aromatic rings. The van der Waals surface area contributed by atoms with Crippen LogP contribution in [0.15, 0.2) is 29.9 Å². The number of carbonyl (C=O) groups is 1. The summed E-state index contributed by atoms with van der Waals surface area (Å²) in [4.78, 5) is 29.7. The first-order valence-electron chi connectivity index (χ1n) is 10.7. The summed E-state index contributed by atoms with van der Waals surface area (Å²) in [5.41, 5.74) is 2.37. The van der Waals surface area contributed by atoms with Gasteiger partial charge in [0.05, 0.1) is 5.39 Å². The first kappa shape index (κ1) is 20.7. The van der Waals surface area contributed by atoms with Gasteiger partial charge in [-0.2, -0.15) is 0 Å². The number of hydrogen-bond acceptors (Lipinski definition) is 6. The molecular weight excluding hydrogens is 394 g/mol. The fourth-order valence-electron chi connectivity index (χ4n) is 4.09. The number of rotatable bonds is 6. The number of hydrogen-bond donors (Lipinski definition) is 1. The number of aromatic nitrogens is 3. The summed E-state index contributed by atoms with van der Waals surface area (Å²) >= 11 is 1.71. The van der Waals surface area contributed by atoms with Crippen LogP contribution < -0.4 is 10.2 Å². The normalized spacial score (nSPS) is 15.1. The number of anilines is 1. The van der Waals surface area contributed by atoms with Crippen LogP contribution in [0.1, 0.15) is 43.6 Å². The monoisotopic (exact) mass is 423 g/mol. The predicted molar refractivity (Wildman–Crippen MR) is 122 cm³/mol. The number of thiophene rings is 1. The Morgan fingerprint density at radius 1 is 1.30 bits per heavy atom. The number of amides is 1. The van der Waals surface area contributed by atoms with Gasteiger partial charge in [-0.25, -0.2) is 9.97 Å². The highest BCUT2D eigenvalue weighted by molar-refractivity contribution is 7.17. The Hall–Kier alpha value is -2.54. The second-order valence-corrected chi connectivity index (χ2v) is 9.33. The highest BCUT2D eigenvalue weighted by Gasteiger charge is 2.27. The van der Waals surface area contributed by atoms with Crippen LogP contribution in [0.3, 0.4) is 0 Å². The molecule has 0 saturated carbocycles. The molecule has 1 fully saturated rings. The largest absolute Gasteiger partial charge is 0.356 e. The lowest BCUT2D eigenvalue weighted by molar-refractivity contribution is -0.125. The Labute approximate surface area is 181 Å². The Balaban J connectivity index is 1.44. The van der Waals surface area contributed by atoms with Crippen molar-refractivity contribution in [2.45, 2.75) is 46.6 Å². The van der Waals surface area contributed by atoms with Gasteiger partial charge < -0.3 is 10.2 Å². The Morgan fingerprint density at radius 2 is 2.10 bits per heavy atom. The molecule has 0 aliphatic carbocycles. The van der Waals surface area contributed by atoms with E-state index in [9.17, 15) is 4.79 Å². The van der Waals surface area contributed by atoms with Crippen LogP contribution in [-0.2, 0) is 17.8 Å². The number of aryl methyl sites for hydroxylation is 1. The fraction of sp³-hybridized carbons (Fsp3) is 0.478. The average Bonchev–Trinajstić information content (AvgIpc) is 3.14. The third kappa shape index (κ3) is 4.61. The van der Waals surface area contributed by atoms with Crippen molar-refractivity contribution < 1.29 is 4.79 Å². The van der Waals surface area contributed by atoms with Crippen molar-refractivity contribution in [1.82, 2.24) is 20.3 Å². The van der Waals surface area contributed by atoms with Gasteiger partial charge in [-0.05, 0) is 54.7 Å². The van der Waals surface area contributed by atoms with Crippen LogP contribution in [0.5, 0.6) is 0 Å². The molecule has 0 radical (unpaired) electrons. The number of pyridine rings is 1. The van der Waals surface area contributed by atoms with Crippen LogP contribution in [0.25, 0.3) is 10.2 Å². The summed E-state index contributed by atoms with van der Waals surface area (Å²) in [7, 11) is 0. The van der Waals surface area contributed by atoms with Crippen LogP contribution in [0.4, 0.5) is 5.82 Å². The molecule has 3 aromatic heterocycles. The van der Waals surface area contributed by atoms with Gasteiger partial charge in [0, 0.05) is 37.9 Å². The minimum atomic E-state index is 0.0500. The van der Waals surface area contributed by atoms with Gasteiger partial charge in [-0.1, -0.05) is 19.9 Å². The summed E-state index contributed by atoms with van der Waals surface area (Å²) in [5.74, 6) is 2.63. The molecule has 1 amide bonds. The summed E-state index contributed by atoms with van der Waals surface area (Å²) in [6.07, 6.45) is 6.25. The van der Waals surface area contributed by atoms with Crippen molar-refractivity contribution in [3.63, 3.8) is 0 Å². The lowest BCUT2D eigenvalue weighted by Crippen LogP contribution is -2.40. The van der Waals surface area contributed by atoms with Crippen molar-refractivity contribution in [2.24, 2.45) is 11.8 Å². The maximum Gasteiger partial charge on any atom is 0.223 e. The summed E-state index contributed by atoms with van der Waals surface area (Å²) in [6, 6.07) is 3.87. The minimum absolute atomic E-state index is 0.0500. The maximum atomic E-state index is 12.6. The molecule has 7 heteroatoms. The molecule has 1 aliphatic rings. The second-order valence-electron chi connectivity index (χ2n) is 8.47. The molecule has 158 valence electrons. The third-order valence-corrected chi connectivity index (χ3v) is 6.51. The molecule has 4 heterocycles. The predicted octanol–water partition coefficient (Wildman–Crippen LogP) is 4.13. The van der Waals surface area contributed by atoms with Gasteiger partial charge >= 0.3 is 0 Å². The number of piperidine rings is 1. The lowest BCUT2D eigenvalue weighted by atomic mass is 9.95. The molecule has 0 aromatic carbocycles. The fourth-order valence-corrected chi connectivity index (χ4v) is 5.09. The van der Waals surface area contributed by atoms with E-state index in [0.717, 1.165) is 54.4 Å². The van der Waals surface area contributed by atoms with Crippen molar-refractivity contribution in [3.8, 4) is 0 Å². The second kappa shape index (κ2) is 9.08. The Kier molecular flexibility index (Phi) is 6.27. The molecule has 0 unspecified atom stereocenters.